The maximum Gasteiger partial charge on any atom is 0.534 e. The van der Waals surface area contributed by atoms with Gasteiger partial charge in [-0.05, 0) is 13.3 Å². The number of hydrogen-bond donors (Lipinski definition) is 1. The molecule has 0 radical (unpaired) electrons. The van der Waals surface area contributed by atoms with Crippen molar-refractivity contribution in [3.8, 4) is 0 Å². The first-order valence-corrected chi connectivity index (χ1v) is 11.9. The van der Waals surface area contributed by atoms with Gasteiger partial charge in [-0.25, -0.2) is 9.78 Å². The molecule has 1 N–H and O–H groups in total. The van der Waals surface area contributed by atoms with E-state index < -0.39 is 69.5 Å². The number of carbonyl (C=O) groups is 3. The molecule has 0 aliphatic carbocycles. The van der Waals surface area contributed by atoms with E-state index in [4.69, 9.17) is 11.6 Å². The van der Waals surface area contributed by atoms with Crippen molar-refractivity contribution in [2.75, 3.05) is 7.11 Å². The van der Waals surface area contributed by atoms with Gasteiger partial charge in [0.1, 0.15) is 17.1 Å². The van der Waals surface area contributed by atoms with Crippen molar-refractivity contribution in [1.29, 1.82) is 0 Å². The van der Waals surface area contributed by atoms with Gasteiger partial charge < -0.3 is 14.1 Å². The molecule has 2 aliphatic heterocycles. The third kappa shape index (κ3) is 4.61. The second kappa shape index (κ2) is 9.14. The largest absolute Gasteiger partial charge is 0.534 e. The molecule has 3 rings (SSSR count). The van der Waals surface area contributed by atoms with E-state index in [9.17, 15) is 41.1 Å². The van der Waals surface area contributed by atoms with Crippen LogP contribution in [0.15, 0.2) is 16.6 Å². The van der Waals surface area contributed by atoms with Crippen molar-refractivity contribution >= 4 is 56.4 Å². The average Bonchev–Trinajstić information content (AvgIpc) is 3.05. The molecule has 0 saturated carbocycles. The zero-order valence-corrected chi connectivity index (χ0v) is 19.6. The lowest BCUT2D eigenvalue weighted by Gasteiger charge is -2.49. The SMILES string of the molecule is CO/N=C(\C(=O)C[C@@H]1C(=O)N2C(C(=O)O)=C(OS(=O)(=O)C(F)(F)F)CC[C@H]12)c1nc(C)sc1Cl. The Labute approximate surface area is 198 Å². The normalized spacial score (nSPS) is 21.2. The molecule has 0 spiro atoms. The van der Waals surface area contributed by atoms with E-state index in [0.717, 1.165) is 11.3 Å². The second-order valence-corrected chi connectivity index (χ2v) is 10.4. The zero-order chi connectivity index (χ0) is 25.6. The lowest BCUT2D eigenvalue weighted by atomic mass is 9.77. The molecule has 186 valence electrons. The number of fused-ring (bicyclic) bond motifs is 1. The summed E-state index contributed by atoms with van der Waals surface area (Å²) in [5, 5.41) is 13.6. The Hall–Kier alpha value is -2.72. The molecule has 34 heavy (non-hydrogen) atoms. The zero-order valence-electron chi connectivity index (χ0n) is 17.3. The van der Waals surface area contributed by atoms with Crippen LogP contribution in [0.1, 0.15) is 30.0 Å². The standard InChI is InChI=1S/C17H15ClF3N3O8S2/c1-6-22-12(14(18)33-6)11(23-31-2)9(25)5-7-8-3-4-10(32-34(29,30)17(19,20)21)13(16(27)28)24(8)15(7)26/h7-8H,3-5H2,1-2H3,(H,27,28)/b23-11+/t7-,8+/m0/s1. The van der Waals surface area contributed by atoms with Gasteiger partial charge in [0.05, 0.1) is 10.9 Å². The van der Waals surface area contributed by atoms with E-state index in [1.54, 1.807) is 6.92 Å². The number of β-lactam (4-membered cyclic amide) rings is 1. The van der Waals surface area contributed by atoms with Crippen molar-refractivity contribution in [3.05, 3.63) is 26.5 Å². The Morgan fingerprint density at radius 2 is 2.03 bits per heavy atom. The third-order valence-electron chi connectivity index (χ3n) is 4.99. The Balaban J connectivity index is 1.85. The van der Waals surface area contributed by atoms with Crippen LogP contribution in [0.5, 0.6) is 0 Å². The van der Waals surface area contributed by atoms with Crippen LogP contribution < -0.4 is 0 Å². The number of amides is 1. The highest BCUT2D eigenvalue weighted by molar-refractivity contribution is 7.87. The number of Topliss-reactive ketones (excluding diaryl/α,β-unsaturated/α-hetero) is 1. The third-order valence-corrected chi connectivity index (χ3v) is 7.15. The van der Waals surface area contributed by atoms with Crippen LogP contribution >= 0.6 is 22.9 Å². The molecule has 11 nitrogen and oxygen atoms in total. The van der Waals surface area contributed by atoms with Crippen LogP contribution in [0.3, 0.4) is 0 Å². The minimum absolute atomic E-state index is 0.0439. The number of nitrogens with zero attached hydrogens (tertiary/aromatic N) is 3. The van der Waals surface area contributed by atoms with Gasteiger partial charge in [0.25, 0.3) is 0 Å². The van der Waals surface area contributed by atoms with Gasteiger partial charge in [0, 0.05) is 18.9 Å². The number of alkyl halides is 3. The van der Waals surface area contributed by atoms with Crippen LogP contribution in [0.2, 0.25) is 4.34 Å². The molecule has 0 bridgehead atoms. The fourth-order valence-electron chi connectivity index (χ4n) is 3.61. The van der Waals surface area contributed by atoms with Crippen molar-refractivity contribution < 1.29 is 50.1 Å². The summed E-state index contributed by atoms with van der Waals surface area (Å²) in [7, 11) is -4.96. The van der Waals surface area contributed by atoms with Crippen molar-refractivity contribution in [2.45, 2.75) is 37.7 Å². The first-order chi connectivity index (χ1) is 15.7. The Bertz CT molecular complexity index is 1220. The summed E-state index contributed by atoms with van der Waals surface area (Å²) in [6.45, 7) is 1.64. The molecule has 1 amide bonds. The van der Waals surface area contributed by atoms with E-state index in [1.165, 1.54) is 7.11 Å². The number of carboxylic acid groups (broad SMARTS) is 1. The summed E-state index contributed by atoms with van der Waals surface area (Å²) in [4.78, 5) is 46.6. The molecule has 3 heterocycles. The Kier molecular flexibility index (Phi) is 6.96. The number of allylic oxidation sites excluding steroid dienone is 1. The lowest BCUT2D eigenvalue weighted by Crippen LogP contribution is -2.63. The number of ketones is 1. The molecular weight excluding hydrogens is 531 g/mol. The summed E-state index contributed by atoms with van der Waals surface area (Å²) in [6.07, 6.45) is -1.11. The minimum Gasteiger partial charge on any atom is -0.476 e. The maximum atomic E-state index is 12.9. The van der Waals surface area contributed by atoms with Crippen LogP contribution in [-0.4, -0.2) is 65.4 Å². The topological polar surface area (TPSA) is 153 Å². The van der Waals surface area contributed by atoms with Gasteiger partial charge in [-0.1, -0.05) is 16.8 Å². The molecule has 0 unspecified atom stereocenters. The quantitative estimate of drug-likeness (QED) is 0.170. The predicted octanol–water partition coefficient (Wildman–Crippen LogP) is 2.20. The first-order valence-electron chi connectivity index (χ1n) is 9.27. The number of aliphatic carboxylic acids is 1. The lowest BCUT2D eigenvalue weighted by molar-refractivity contribution is -0.160. The van der Waals surface area contributed by atoms with Gasteiger partial charge in [0.15, 0.2) is 23.0 Å². The van der Waals surface area contributed by atoms with Crippen LogP contribution in [0.4, 0.5) is 13.2 Å². The predicted molar refractivity (Wildman–Crippen MR) is 109 cm³/mol. The number of carbonyl (C=O) groups excluding carboxylic acids is 2. The highest BCUT2D eigenvalue weighted by Crippen LogP contribution is 2.43. The van der Waals surface area contributed by atoms with Gasteiger partial charge >= 0.3 is 21.6 Å². The molecule has 17 heteroatoms. The fraction of sp³-hybridized carbons (Fsp3) is 0.471. The van der Waals surface area contributed by atoms with E-state index in [-0.39, 0.29) is 22.2 Å². The number of oxime groups is 1. The van der Waals surface area contributed by atoms with Gasteiger partial charge in [-0.15, -0.1) is 11.3 Å². The maximum absolute atomic E-state index is 12.9. The second-order valence-electron chi connectivity index (χ2n) is 7.09. The monoisotopic (exact) mass is 545 g/mol. The van der Waals surface area contributed by atoms with E-state index >= 15 is 0 Å². The molecule has 1 fully saturated rings. The average molecular weight is 546 g/mol. The molecule has 1 aromatic heterocycles. The number of thiazole rings is 1. The summed E-state index contributed by atoms with van der Waals surface area (Å²) < 4.78 is 64.8. The molecule has 1 aromatic rings. The highest BCUT2D eigenvalue weighted by Gasteiger charge is 2.56. The van der Waals surface area contributed by atoms with Crippen molar-refractivity contribution in [2.24, 2.45) is 11.1 Å². The van der Waals surface area contributed by atoms with E-state index in [0.29, 0.717) is 9.91 Å². The highest BCUT2D eigenvalue weighted by atomic mass is 35.5. The van der Waals surface area contributed by atoms with Crippen LogP contribution in [0, 0.1) is 12.8 Å². The molecule has 2 aliphatic rings. The summed E-state index contributed by atoms with van der Waals surface area (Å²) in [5.74, 6) is -5.51. The number of halogens is 4. The number of carboxylic acids is 1. The van der Waals surface area contributed by atoms with Crippen LogP contribution in [0.25, 0.3) is 0 Å². The molecule has 0 aromatic carbocycles. The minimum atomic E-state index is -6.14. The Morgan fingerprint density at radius 1 is 1.38 bits per heavy atom. The van der Waals surface area contributed by atoms with Crippen LogP contribution in [-0.2, 0) is 33.5 Å². The van der Waals surface area contributed by atoms with Gasteiger partial charge in [-0.3, -0.25) is 14.5 Å². The smallest absolute Gasteiger partial charge is 0.476 e. The molecular formula is C17H15ClF3N3O8S2. The number of aryl methyl sites for hydroxylation is 1. The van der Waals surface area contributed by atoms with E-state index in [2.05, 4.69) is 19.2 Å². The first kappa shape index (κ1) is 25.9. The van der Waals surface area contributed by atoms with Gasteiger partial charge in [0.2, 0.25) is 5.91 Å². The molecule has 2 atom stereocenters. The number of aromatic nitrogens is 1. The van der Waals surface area contributed by atoms with E-state index in [1.807, 2.05) is 0 Å². The summed E-state index contributed by atoms with van der Waals surface area (Å²) in [6, 6.07) is -0.889. The van der Waals surface area contributed by atoms with Gasteiger partial charge in [-0.2, -0.15) is 21.6 Å². The fourth-order valence-corrected chi connectivity index (χ4v) is 5.23. The Morgan fingerprint density at radius 3 is 2.53 bits per heavy atom. The van der Waals surface area contributed by atoms with Crippen molar-refractivity contribution in [1.82, 2.24) is 9.88 Å². The van der Waals surface area contributed by atoms with Crippen molar-refractivity contribution in [3.63, 3.8) is 0 Å². The number of rotatable bonds is 8. The molecule has 1 saturated heterocycles. The summed E-state index contributed by atoms with van der Waals surface area (Å²) >= 11 is 7.16. The number of hydrogen-bond acceptors (Lipinski definition) is 10. The summed E-state index contributed by atoms with van der Waals surface area (Å²) in [5.41, 5.74) is -7.03.